The third-order valence-corrected chi connectivity index (χ3v) is 6.08. The van der Waals surface area contributed by atoms with Crippen molar-refractivity contribution >= 4 is 22.1 Å². The van der Waals surface area contributed by atoms with Gasteiger partial charge < -0.3 is 19.3 Å². The molecule has 0 spiro atoms. The lowest BCUT2D eigenvalue weighted by Crippen LogP contribution is -2.32. The van der Waals surface area contributed by atoms with E-state index in [1.165, 1.54) is 64.2 Å². The molecule has 0 aliphatic rings. The van der Waals surface area contributed by atoms with Gasteiger partial charge in [0.1, 0.15) is 6.61 Å². The van der Waals surface area contributed by atoms with E-state index in [1.54, 1.807) is 0 Å². The molecule has 0 aromatic rings. The van der Waals surface area contributed by atoms with Gasteiger partial charge in [0.25, 0.3) is 10.1 Å². The molecule has 190 valence electrons. The summed E-state index contributed by atoms with van der Waals surface area (Å²) in [4.78, 5) is 22.2. The van der Waals surface area contributed by atoms with Crippen LogP contribution in [0.15, 0.2) is 0 Å². The SMILES string of the molecule is CCCCCCCCCCCCCCOCCOCCOC(=O)CC(C(=O)O)S(=O)(=O)O. The first-order valence-corrected chi connectivity index (χ1v) is 13.3. The molecule has 2 N–H and O–H groups in total. The number of aliphatic carboxylic acids is 1. The Morgan fingerprint density at radius 3 is 1.62 bits per heavy atom. The molecule has 1 atom stereocenters. The lowest BCUT2D eigenvalue weighted by Gasteiger charge is -2.09. The zero-order valence-corrected chi connectivity index (χ0v) is 20.3. The fraction of sp³-hybridized carbons (Fsp3) is 0.909. The normalized spacial score (nSPS) is 12.6. The Morgan fingerprint density at radius 2 is 1.16 bits per heavy atom. The topological polar surface area (TPSA) is 136 Å². The number of ether oxygens (including phenoxy) is 3. The van der Waals surface area contributed by atoms with Crippen molar-refractivity contribution in [2.45, 2.75) is 95.6 Å². The van der Waals surface area contributed by atoms with Gasteiger partial charge in [0.05, 0.1) is 26.2 Å². The second kappa shape index (κ2) is 20.4. The highest BCUT2D eigenvalue weighted by Crippen LogP contribution is 2.12. The van der Waals surface area contributed by atoms with Gasteiger partial charge in [-0.05, 0) is 6.42 Å². The third-order valence-electron chi connectivity index (χ3n) is 4.99. The van der Waals surface area contributed by atoms with Gasteiger partial charge in [-0.1, -0.05) is 77.6 Å². The standard InChI is InChI=1S/C22H42O9S/c1-2-3-4-5-6-7-8-9-10-11-12-13-14-29-15-16-30-17-18-31-21(23)19-20(22(24)25)32(26,27)28/h20H,2-19H2,1H3,(H,24,25)(H,26,27,28). The van der Waals surface area contributed by atoms with E-state index >= 15 is 0 Å². The van der Waals surface area contributed by atoms with Crippen LogP contribution in [0.2, 0.25) is 0 Å². The number of carbonyl (C=O) groups excluding carboxylic acids is 1. The van der Waals surface area contributed by atoms with Gasteiger partial charge in [0, 0.05) is 6.61 Å². The van der Waals surface area contributed by atoms with Crippen molar-refractivity contribution in [1.29, 1.82) is 0 Å². The van der Waals surface area contributed by atoms with Crippen LogP contribution in [0, 0.1) is 0 Å². The summed E-state index contributed by atoms with van der Waals surface area (Å²) in [6.45, 7) is 3.62. The second-order valence-corrected chi connectivity index (χ2v) is 9.48. The maximum atomic E-state index is 11.4. The van der Waals surface area contributed by atoms with Gasteiger partial charge in [-0.2, -0.15) is 8.42 Å². The molecule has 0 saturated heterocycles. The fourth-order valence-electron chi connectivity index (χ4n) is 3.11. The molecule has 0 rings (SSSR count). The summed E-state index contributed by atoms with van der Waals surface area (Å²) in [5, 5.41) is 6.47. The predicted octanol–water partition coefficient (Wildman–Crippen LogP) is 4.00. The number of rotatable bonds is 23. The van der Waals surface area contributed by atoms with Crippen LogP contribution in [0.3, 0.4) is 0 Å². The van der Waals surface area contributed by atoms with E-state index in [9.17, 15) is 18.0 Å². The van der Waals surface area contributed by atoms with Gasteiger partial charge in [-0.15, -0.1) is 0 Å². The van der Waals surface area contributed by atoms with Crippen molar-refractivity contribution in [1.82, 2.24) is 0 Å². The van der Waals surface area contributed by atoms with Crippen LogP contribution >= 0.6 is 0 Å². The van der Waals surface area contributed by atoms with Gasteiger partial charge in [-0.25, -0.2) is 0 Å². The molecule has 0 aliphatic carbocycles. The molecule has 0 radical (unpaired) electrons. The molecule has 0 fully saturated rings. The first kappa shape index (κ1) is 30.8. The van der Waals surface area contributed by atoms with Crippen LogP contribution in [-0.4, -0.2) is 68.3 Å². The molecule has 0 bridgehead atoms. The molecule has 0 aromatic carbocycles. The highest BCUT2D eigenvalue weighted by atomic mass is 32.2. The Hall–Kier alpha value is -1.23. The van der Waals surface area contributed by atoms with E-state index < -0.39 is 33.7 Å². The van der Waals surface area contributed by atoms with Crippen molar-refractivity contribution in [2.75, 3.05) is 33.0 Å². The number of hydrogen-bond donors (Lipinski definition) is 2. The summed E-state index contributed by atoms with van der Waals surface area (Å²) in [6.07, 6.45) is 14.6. The maximum absolute atomic E-state index is 11.4. The molecule has 1 unspecified atom stereocenters. The molecule has 0 aromatic heterocycles. The molecule has 0 amide bonds. The van der Waals surface area contributed by atoms with Crippen LogP contribution in [0.1, 0.15) is 90.4 Å². The minimum Gasteiger partial charge on any atom is -0.480 e. The van der Waals surface area contributed by atoms with E-state index in [0.29, 0.717) is 19.8 Å². The summed E-state index contributed by atoms with van der Waals surface area (Å²) in [5.41, 5.74) is 0. The molecule has 9 nitrogen and oxygen atoms in total. The lowest BCUT2D eigenvalue weighted by molar-refractivity contribution is -0.148. The van der Waals surface area contributed by atoms with Crippen molar-refractivity contribution in [3.63, 3.8) is 0 Å². The summed E-state index contributed by atoms with van der Waals surface area (Å²) in [5.74, 6) is -2.85. The Balaban J connectivity index is 3.38. The quantitative estimate of drug-likeness (QED) is 0.126. The summed E-state index contributed by atoms with van der Waals surface area (Å²) in [7, 11) is -4.87. The Kier molecular flexibility index (Phi) is 19.6. The highest BCUT2D eigenvalue weighted by molar-refractivity contribution is 7.87. The zero-order chi connectivity index (χ0) is 24.1. The van der Waals surface area contributed by atoms with Gasteiger partial charge >= 0.3 is 11.9 Å². The van der Waals surface area contributed by atoms with Crippen molar-refractivity contribution in [3.8, 4) is 0 Å². The minimum absolute atomic E-state index is 0.0807. The van der Waals surface area contributed by atoms with E-state index in [1.807, 2.05) is 0 Å². The number of hydrogen-bond acceptors (Lipinski definition) is 7. The lowest BCUT2D eigenvalue weighted by atomic mass is 10.1. The third kappa shape index (κ3) is 19.5. The first-order chi connectivity index (χ1) is 15.3. The minimum atomic E-state index is -4.87. The van der Waals surface area contributed by atoms with Crippen LogP contribution in [0.5, 0.6) is 0 Å². The number of carbonyl (C=O) groups is 2. The summed E-state index contributed by atoms with van der Waals surface area (Å²) >= 11 is 0. The average molecular weight is 483 g/mol. The first-order valence-electron chi connectivity index (χ1n) is 11.8. The predicted molar refractivity (Wildman–Crippen MR) is 121 cm³/mol. The van der Waals surface area contributed by atoms with Crippen molar-refractivity contribution in [3.05, 3.63) is 0 Å². The molecule has 0 heterocycles. The second-order valence-electron chi connectivity index (χ2n) is 7.88. The number of carboxylic acids is 1. The van der Waals surface area contributed by atoms with E-state index in [4.69, 9.17) is 23.9 Å². The van der Waals surface area contributed by atoms with Gasteiger partial charge in [-0.3, -0.25) is 14.1 Å². The average Bonchev–Trinajstić information content (AvgIpc) is 2.72. The highest BCUT2D eigenvalue weighted by Gasteiger charge is 2.33. The molecule has 10 heteroatoms. The Bertz CT molecular complexity index is 578. The van der Waals surface area contributed by atoms with Crippen LogP contribution in [-0.2, 0) is 33.9 Å². The van der Waals surface area contributed by atoms with Crippen molar-refractivity contribution < 1.29 is 41.9 Å². The largest absolute Gasteiger partial charge is 0.480 e. The monoisotopic (exact) mass is 482 g/mol. The number of unbranched alkanes of at least 4 members (excludes halogenated alkanes) is 11. The molecule has 0 saturated carbocycles. The zero-order valence-electron chi connectivity index (χ0n) is 19.5. The Morgan fingerprint density at radius 1 is 0.719 bits per heavy atom. The van der Waals surface area contributed by atoms with Gasteiger partial charge in [0.2, 0.25) is 0 Å². The molecule has 0 aliphatic heterocycles. The van der Waals surface area contributed by atoms with E-state index in [0.717, 1.165) is 12.8 Å². The van der Waals surface area contributed by atoms with E-state index in [2.05, 4.69) is 6.92 Å². The fourth-order valence-corrected chi connectivity index (χ4v) is 3.71. The summed E-state index contributed by atoms with van der Waals surface area (Å²) in [6, 6.07) is 0. The van der Waals surface area contributed by atoms with Crippen LogP contribution in [0.4, 0.5) is 0 Å². The molecular weight excluding hydrogens is 440 g/mol. The smallest absolute Gasteiger partial charge is 0.325 e. The number of carboxylic acid groups (broad SMARTS) is 1. The van der Waals surface area contributed by atoms with Crippen LogP contribution < -0.4 is 0 Å². The van der Waals surface area contributed by atoms with Crippen molar-refractivity contribution in [2.24, 2.45) is 0 Å². The summed E-state index contributed by atoms with van der Waals surface area (Å²) < 4.78 is 46.0. The van der Waals surface area contributed by atoms with Crippen LogP contribution in [0.25, 0.3) is 0 Å². The molecular formula is C22H42O9S. The molecule has 32 heavy (non-hydrogen) atoms. The Labute approximate surface area is 192 Å². The maximum Gasteiger partial charge on any atom is 0.325 e. The van der Waals surface area contributed by atoms with Gasteiger partial charge in [0.15, 0.2) is 5.25 Å². The van der Waals surface area contributed by atoms with E-state index in [-0.39, 0.29) is 13.2 Å². The number of esters is 1.